The monoisotopic (exact) mass is 226 g/mol. The van der Waals surface area contributed by atoms with Crippen LogP contribution in [0.1, 0.15) is 0 Å². The lowest BCUT2D eigenvalue weighted by molar-refractivity contribution is 1.44. The Morgan fingerprint density at radius 1 is 1.06 bits per heavy atom. The maximum atomic E-state index is 5.89. The molecular weight excluding hydrogens is 216 g/mol. The molecule has 0 amide bonds. The summed E-state index contributed by atoms with van der Waals surface area (Å²) in [5.74, 6) is 0. The zero-order valence-corrected chi connectivity index (χ0v) is 9.37. The van der Waals surface area contributed by atoms with E-state index in [9.17, 15) is 0 Å². The first-order valence-corrected chi connectivity index (χ1v) is 5.91. The Balaban J connectivity index is 2.22. The Labute approximate surface area is 97.4 Å². The van der Waals surface area contributed by atoms with E-state index in [1.807, 2.05) is 29.8 Å². The van der Waals surface area contributed by atoms with Crippen LogP contribution in [0.15, 0.2) is 48.0 Å². The molecule has 0 atom stereocenters. The third-order valence-corrected chi connectivity index (χ3v) is 3.49. The highest BCUT2D eigenvalue weighted by molar-refractivity contribution is 7.17. The average Bonchev–Trinajstić information content (AvgIpc) is 2.72. The van der Waals surface area contributed by atoms with E-state index in [0.717, 1.165) is 21.5 Å². The SMILES string of the molecule is Nc1csc2ncc(-c3ccccc3)cc12. The number of rotatable bonds is 1. The maximum absolute atomic E-state index is 5.89. The standard InChI is InChI=1S/C13H10N2S/c14-12-8-16-13-11(12)6-10(7-15-13)9-4-2-1-3-5-9/h1-8H,14H2. The fourth-order valence-electron chi connectivity index (χ4n) is 1.72. The molecule has 0 aliphatic rings. The Kier molecular flexibility index (Phi) is 2.11. The molecule has 2 N–H and O–H groups in total. The Morgan fingerprint density at radius 2 is 1.88 bits per heavy atom. The predicted molar refractivity (Wildman–Crippen MR) is 69.5 cm³/mol. The van der Waals surface area contributed by atoms with Gasteiger partial charge in [0.15, 0.2) is 0 Å². The summed E-state index contributed by atoms with van der Waals surface area (Å²) in [6.07, 6.45) is 1.90. The van der Waals surface area contributed by atoms with Crippen LogP contribution in [-0.4, -0.2) is 4.98 Å². The summed E-state index contributed by atoms with van der Waals surface area (Å²) < 4.78 is 0. The molecule has 3 aromatic rings. The molecular formula is C13H10N2S. The van der Waals surface area contributed by atoms with Crippen molar-refractivity contribution in [2.75, 3.05) is 5.73 Å². The molecule has 0 saturated carbocycles. The summed E-state index contributed by atoms with van der Waals surface area (Å²) >= 11 is 1.58. The van der Waals surface area contributed by atoms with Gasteiger partial charge in [-0.2, -0.15) is 0 Å². The molecule has 3 heteroatoms. The lowest BCUT2D eigenvalue weighted by Crippen LogP contribution is -1.83. The first-order chi connectivity index (χ1) is 7.84. The van der Waals surface area contributed by atoms with Gasteiger partial charge in [-0.1, -0.05) is 30.3 Å². The fraction of sp³-hybridized carbons (Fsp3) is 0. The van der Waals surface area contributed by atoms with Crippen molar-refractivity contribution < 1.29 is 0 Å². The molecule has 2 heterocycles. The highest BCUT2D eigenvalue weighted by Gasteiger charge is 2.04. The second kappa shape index (κ2) is 3.61. The van der Waals surface area contributed by atoms with Crippen molar-refractivity contribution in [1.82, 2.24) is 4.98 Å². The van der Waals surface area contributed by atoms with Gasteiger partial charge >= 0.3 is 0 Å². The van der Waals surface area contributed by atoms with Gasteiger partial charge in [-0.25, -0.2) is 4.98 Å². The zero-order valence-electron chi connectivity index (χ0n) is 8.55. The van der Waals surface area contributed by atoms with Crippen LogP contribution in [-0.2, 0) is 0 Å². The summed E-state index contributed by atoms with van der Waals surface area (Å²) in [4.78, 5) is 5.41. The Hall–Kier alpha value is -1.87. The number of nitrogen functional groups attached to an aromatic ring is 1. The molecule has 0 spiro atoms. The molecule has 2 aromatic heterocycles. The van der Waals surface area contributed by atoms with Crippen molar-refractivity contribution in [2.24, 2.45) is 0 Å². The third kappa shape index (κ3) is 1.46. The van der Waals surface area contributed by atoms with Crippen molar-refractivity contribution in [1.29, 1.82) is 0 Å². The largest absolute Gasteiger partial charge is 0.398 e. The molecule has 78 valence electrons. The van der Waals surface area contributed by atoms with Crippen LogP contribution in [0.4, 0.5) is 5.69 Å². The number of pyridine rings is 1. The number of nitrogens with zero attached hydrogens (tertiary/aromatic N) is 1. The van der Waals surface area contributed by atoms with Crippen molar-refractivity contribution in [3.05, 3.63) is 48.0 Å². The molecule has 0 saturated heterocycles. The van der Waals surface area contributed by atoms with E-state index in [1.54, 1.807) is 11.3 Å². The molecule has 1 aromatic carbocycles. The number of hydrogen-bond donors (Lipinski definition) is 1. The van der Waals surface area contributed by atoms with Gasteiger partial charge in [-0.15, -0.1) is 11.3 Å². The third-order valence-electron chi connectivity index (χ3n) is 2.57. The van der Waals surface area contributed by atoms with Crippen LogP contribution < -0.4 is 5.73 Å². The van der Waals surface area contributed by atoms with Gasteiger partial charge < -0.3 is 5.73 Å². The fourth-order valence-corrected chi connectivity index (χ4v) is 2.51. The number of hydrogen-bond acceptors (Lipinski definition) is 3. The van der Waals surface area contributed by atoms with E-state index in [0.29, 0.717) is 0 Å². The van der Waals surface area contributed by atoms with Gasteiger partial charge in [0.05, 0.1) is 5.69 Å². The van der Waals surface area contributed by atoms with Crippen LogP contribution in [0.2, 0.25) is 0 Å². The van der Waals surface area contributed by atoms with Crippen molar-refractivity contribution in [3.63, 3.8) is 0 Å². The number of benzene rings is 1. The second-order valence-electron chi connectivity index (χ2n) is 3.63. The molecule has 2 nitrogen and oxygen atoms in total. The summed E-state index contributed by atoms with van der Waals surface area (Å²) in [6, 6.07) is 12.3. The summed E-state index contributed by atoms with van der Waals surface area (Å²) in [7, 11) is 0. The second-order valence-corrected chi connectivity index (χ2v) is 4.49. The first-order valence-electron chi connectivity index (χ1n) is 5.03. The molecule has 16 heavy (non-hydrogen) atoms. The van der Waals surface area contributed by atoms with Crippen LogP contribution in [0, 0.1) is 0 Å². The molecule has 0 unspecified atom stereocenters. The number of anilines is 1. The van der Waals surface area contributed by atoms with Crippen LogP contribution >= 0.6 is 11.3 Å². The zero-order chi connectivity index (χ0) is 11.0. The number of aromatic nitrogens is 1. The molecule has 0 bridgehead atoms. The minimum absolute atomic E-state index is 0.810. The number of fused-ring (bicyclic) bond motifs is 1. The summed E-state index contributed by atoms with van der Waals surface area (Å²) in [5.41, 5.74) is 8.98. The van der Waals surface area contributed by atoms with Gasteiger partial charge in [0.2, 0.25) is 0 Å². The quantitative estimate of drug-likeness (QED) is 0.689. The molecule has 0 radical (unpaired) electrons. The lowest BCUT2D eigenvalue weighted by atomic mass is 10.1. The average molecular weight is 226 g/mol. The Morgan fingerprint density at radius 3 is 2.69 bits per heavy atom. The van der Waals surface area contributed by atoms with Gasteiger partial charge in [-0.3, -0.25) is 0 Å². The van der Waals surface area contributed by atoms with E-state index < -0.39 is 0 Å². The van der Waals surface area contributed by atoms with Crippen molar-refractivity contribution in [2.45, 2.75) is 0 Å². The molecule has 0 aliphatic heterocycles. The normalized spacial score (nSPS) is 10.8. The number of nitrogens with two attached hydrogens (primary N) is 1. The minimum atomic E-state index is 0.810. The molecule has 0 aliphatic carbocycles. The lowest BCUT2D eigenvalue weighted by Gasteiger charge is -2.01. The summed E-state index contributed by atoms with van der Waals surface area (Å²) in [5, 5.41) is 2.98. The Bertz CT molecular complexity index is 629. The van der Waals surface area contributed by atoms with Gasteiger partial charge in [-0.05, 0) is 11.6 Å². The van der Waals surface area contributed by atoms with Crippen molar-refractivity contribution in [3.8, 4) is 11.1 Å². The van der Waals surface area contributed by atoms with Gasteiger partial charge in [0.1, 0.15) is 4.83 Å². The van der Waals surface area contributed by atoms with Crippen molar-refractivity contribution >= 4 is 27.2 Å². The molecule has 0 fully saturated rings. The minimum Gasteiger partial charge on any atom is -0.398 e. The van der Waals surface area contributed by atoms with Crippen LogP contribution in [0.3, 0.4) is 0 Å². The van der Waals surface area contributed by atoms with Gasteiger partial charge in [0.25, 0.3) is 0 Å². The topological polar surface area (TPSA) is 38.9 Å². The van der Waals surface area contributed by atoms with E-state index in [2.05, 4.69) is 23.2 Å². The van der Waals surface area contributed by atoms with E-state index >= 15 is 0 Å². The van der Waals surface area contributed by atoms with E-state index in [-0.39, 0.29) is 0 Å². The smallest absolute Gasteiger partial charge is 0.125 e. The summed E-state index contributed by atoms with van der Waals surface area (Å²) in [6.45, 7) is 0. The van der Waals surface area contributed by atoms with Gasteiger partial charge in [0, 0.05) is 22.5 Å². The highest BCUT2D eigenvalue weighted by atomic mass is 32.1. The van der Waals surface area contributed by atoms with Crippen LogP contribution in [0.25, 0.3) is 21.3 Å². The predicted octanol–water partition coefficient (Wildman–Crippen LogP) is 3.55. The van der Waals surface area contributed by atoms with E-state index in [1.165, 1.54) is 5.56 Å². The van der Waals surface area contributed by atoms with Crippen LogP contribution in [0.5, 0.6) is 0 Å². The maximum Gasteiger partial charge on any atom is 0.125 e. The van der Waals surface area contributed by atoms with E-state index in [4.69, 9.17) is 5.73 Å². The first kappa shape index (κ1) is 9.36. The molecule has 3 rings (SSSR count). The number of thiophene rings is 1. The highest BCUT2D eigenvalue weighted by Crippen LogP contribution is 2.29.